The number of amides is 1. The van der Waals surface area contributed by atoms with Crippen LogP contribution in [0.2, 0.25) is 0 Å². The average Bonchev–Trinajstić information content (AvgIpc) is 2.83. The van der Waals surface area contributed by atoms with E-state index in [0.717, 1.165) is 0 Å². The van der Waals surface area contributed by atoms with E-state index in [9.17, 15) is 14.0 Å². The highest BCUT2D eigenvalue weighted by Gasteiger charge is 2.33. The Labute approximate surface area is 192 Å². The van der Waals surface area contributed by atoms with Crippen molar-refractivity contribution in [3.05, 3.63) is 76.1 Å². The summed E-state index contributed by atoms with van der Waals surface area (Å²) in [5.74, 6) is -0.126. The number of fused-ring (bicyclic) bond motifs is 1. The molecule has 1 aliphatic heterocycles. The number of carbonyl (C=O) groups excluding carboxylic acids is 1. The molecule has 0 radical (unpaired) electrons. The molecule has 4 rings (SSSR count). The first kappa shape index (κ1) is 23.1. The summed E-state index contributed by atoms with van der Waals surface area (Å²) in [4.78, 5) is 34.9. The second kappa shape index (κ2) is 9.80. The molecule has 1 saturated heterocycles. The summed E-state index contributed by atoms with van der Waals surface area (Å²) in [6, 6.07) is 13.2. The van der Waals surface area contributed by atoms with Crippen LogP contribution in [-0.4, -0.2) is 64.7 Å². The molecule has 0 bridgehead atoms. The van der Waals surface area contributed by atoms with Crippen LogP contribution >= 0.6 is 0 Å². The predicted molar refractivity (Wildman–Crippen MR) is 125 cm³/mol. The van der Waals surface area contributed by atoms with Crippen LogP contribution < -0.4 is 5.56 Å². The van der Waals surface area contributed by atoms with Gasteiger partial charge in [0.2, 0.25) is 0 Å². The predicted octanol–water partition coefficient (Wildman–Crippen LogP) is 3.09. The van der Waals surface area contributed by atoms with Crippen LogP contribution in [0.25, 0.3) is 10.9 Å². The first-order valence-corrected chi connectivity index (χ1v) is 11.2. The molecular formula is C25H29FN4O3. The minimum absolute atomic E-state index is 0.0825. The third-order valence-corrected chi connectivity index (χ3v) is 6.36. The summed E-state index contributed by atoms with van der Waals surface area (Å²) in [5, 5.41) is 0.582. The highest BCUT2D eigenvalue weighted by molar-refractivity contribution is 5.94. The Balaban J connectivity index is 1.59. The number of hydrogen-bond acceptors (Lipinski definition) is 5. The second-order valence-corrected chi connectivity index (χ2v) is 8.44. The molecule has 2 atom stereocenters. The van der Waals surface area contributed by atoms with E-state index in [2.05, 4.69) is 4.90 Å². The third-order valence-electron chi connectivity index (χ3n) is 6.36. The van der Waals surface area contributed by atoms with Crippen LogP contribution in [0.15, 0.2) is 53.3 Å². The number of halogens is 1. The van der Waals surface area contributed by atoms with Crippen molar-refractivity contribution in [2.45, 2.75) is 32.5 Å². The summed E-state index contributed by atoms with van der Waals surface area (Å²) in [5.41, 5.74) is 0.677. The Kier molecular flexibility index (Phi) is 6.85. The van der Waals surface area contributed by atoms with E-state index in [-0.39, 0.29) is 29.1 Å². The normalized spacial score (nSPS) is 17.9. The van der Waals surface area contributed by atoms with Gasteiger partial charge in [0.25, 0.3) is 11.5 Å². The van der Waals surface area contributed by atoms with Crippen LogP contribution in [0.1, 0.15) is 36.1 Å². The van der Waals surface area contributed by atoms with Gasteiger partial charge in [-0.1, -0.05) is 24.3 Å². The van der Waals surface area contributed by atoms with Gasteiger partial charge in [-0.25, -0.2) is 9.37 Å². The van der Waals surface area contributed by atoms with Gasteiger partial charge in [-0.3, -0.25) is 19.1 Å². The average molecular weight is 453 g/mol. The summed E-state index contributed by atoms with van der Waals surface area (Å²) < 4.78 is 21.1. The molecule has 33 heavy (non-hydrogen) atoms. The molecule has 0 saturated carbocycles. The summed E-state index contributed by atoms with van der Waals surface area (Å²) in [6.45, 7) is 6.46. The maximum absolute atomic E-state index is 14.2. The van der Waals surface area contributed by atoms with Gasteiger partial charge >= 0.3 is 0 Å². The molecule has 1 aromatic heterocycles. The number of benzene rings is 2. The number of methoxy groups -OCH3 is 1. The molecular weight excluding hydrogens is 423 g/mol. The Morgan fingerprint density at radius 1 is 1.18 bits per heavy atom. The molecule has 2 aromatic carbocycles. The number of carbonyl (C=O) groups is 1. The molecule has 1 aliphatic rings. The molecule has 1 amide bonds. The molecule has 0 spiro atoms. The Morgan fingerprint density at radius 3 is 2.64 bits per heavy atom. The highest BCUT2D eigenvalue weighted by Crippen LogP contribution is 2.24. The zero-order chi connectivity index (χ0) is 23.5. The van der Waals surface area contributed by atoms with Gasteiger partial charge in [0.05, 0.1) is 35.7 Å². The van der Waals surface area contributed by atoms with Gasteiger partial charge in [0.1, 0.15) is 11.6 Å². The van der Waals surface area contributed by atoms with Gasteiger partial charge in [0.15, 0.2) is 0 Å². The molecule has 8 heteroatoms. The number of para-hydroxylation sites is 1. The molecule has 7 nitrogen and oxygen atoms in total. The minimum Gasteiger partial charge on any atom is -0.383 e. The maximum atomic E-state index is 14.2. The standard InChI is InChI=1S/C25H29FN4O3/c1-17-16-28(12-13-29(17)24(31)19-8-4-6-10-21(19)26)18(2)23-27-22-11-7-5-9-20(22)25(32)30(23)14-15-33-3/h4-11,17-18H,12-16H2,1-3H3. The quantitative estimate of drug-likeness (QED) is 0.575. The zero-order valence-corrected chi connectivity index (χ0v) is 19.2. The Morgan fingerprint density at radius 2 is 1.91 bits per heavy atom. The van der Waals surface area contributed by atoms with Crippen molar-refractivity contribution in [2.75, 3.05) is 33.4 Å². The molecule has 1 fully saturated rings. The SMILES string of the molecule is COCCn1c(C(C)N2CCN(C(=O)c3ccccc3F)C(C)C2)nc2ccccc2c1=O. The van der Waals surface area contributed by atoms with Crippen molar-refractivity contribution in [3.8, 4) is 0 Å². The molecule has 2 heterocycles. The third kappa shape index (κ3) is 4.54. The largest absolute Gasteiger partial charge is 0.383 e. The van der Waals surface area contributed by atoms with Gasteiger partial charge in [0, 0.05) is 32.8 Å². The number of aromatic nitrogens is 2. The van der Waals surface area contributed by atoms with Crippen molar-refractivity contribution in [3.63, 3.8) is 0 Å². The Bertz CT molecular complexity index is 1210. The monoisotopic (exact) mass is 452 g/mol. The van der Waals surface area contributed by atoms with E-state index in [1.165, 1.54) is 12.1 Å². The van der Waals surface area contributed by atoms with Crippen molar-refractivity contribution in [2.24, 2.45) is 0 Å². The maximum Gasteiger partial charge on any atom is 0.261 e. The van der Waals surface area contributed by atoms with E-state index in [4.69, 9.17) is 9.72 Å². The van der Waals surface area contributed by atoms with Gasteiger partial charge < -0.3 is 9.64 Å². The van der Waals surface area contributed by atoms with Crippen LogP contribution in [0.4, 0.5) is 4.39 Å². The van der Waals surface area contributed by atoms with Crippen LogP contribution in [-0.2, 0) is 11.3 Å². The number of piperazine rings is 1. The molecule has 2 unspecified atom stereocenters. The van der Waals surface area contributed by atoms with E-state index in [0.29, 0.717) is 49.5 Å². The van der Waals surface area contributed by atoms with Crippen molar-refractivity contribution < 1.29 is 13.9 Å². The van der Waals surface area contributed by atoms with Gasteiger partial charge in [-0.05, 0) is 38.1 Å². The number of ether oxygens (including phenoxy) is 1. The molecule has 174 valence electrons. The second-order valence-electron chi connectivity index (χ2n) is 8.44. The van der Waals surface area contributed by atoms with Gasteiger partial charge in [-0.2, -0.15) is 0 Å². The highest BCUT2D eigenvalue weighted by atomic mass is 19.1. The lowest BCUT2D eigenvalue weighted by Crippen LogP contribution is -2.55. The summed E-state index contributed by atoms with van der Waals surface area (Å²) in [7, 11) is 1.61. The first-order chi connectivity index (χ1) is 15.9. The van der Waals surface area contributed by atoms with Crippen molar-refractivity contribution in [1.82, 2.24) is 19.4 Å². The summed E-state index contributed by atoms with van der Waals surface area (Å²) in [6.07, 6.45) is 0. The lowest BCUT2D eigenvalue weighted by atomic mass is 10.1. The first-order valence-electron chi connectivity index (χ1n) is 11.2. The van der Waals surface area contributed by atoms with E-state index >= 15 is 0 Å². The fraction of sp³-hybridized carbons (Fsp3) is 0.400. The Hall–Kier alpha value is -3.10. The zero-order valence-electron chi connectivity index (χ0n) is 19.2. The minimum atomic E-state index is -0.506. The molecule has 3 aromatic rings. The molecule has 0 aliphatic carbocycles. The smallest absolute Gasteiger partial charge is 0.261 e. The van der Waals surface area contributed by atoms with Crippen LogP contribution in [0.5, 0.6) is 0 Å². The molecule has 0 N–H and O–H groups in total. The number of nitrogens with zero attached hydrogens (tertiary/aromatic N) is 4. The van der Waals surface area contributed by atoms with E-state index in [1.807, 2.05) is 32.0 Å². The fourth-order valence-electron chi connectivity index (χ4n) is 4.49. The number of hydrogen-bond donors (Lipinski definition) is 0. The van der Waals surface area contributed by atoms with Crippen LogP contribution in [0, 0.1) is 5.82 Å². The van der Waals surface area contributed by atoms with Gasteiger partial charge in [-0.15, -0.1) is 0 Å². The topological polar surface area (TPSA) is 67.7 Å². The fourth-order valence-corrected chi connectivity index (χ4v) is 4.49. The summed E-state index contributed by atoms with van der Waals surface area (Å²) >= 11 is 0. The van der Waals surface area contributed by atoms with Crippen molar-refractivity contribution >= 4 is 16.8 Å². The van der Waals surface area contributed by atoms with E-state index in [1.54, 1.807) is 34.8 Å². The van der Waals surface area contributed by atoms with Crippen LogP contribution in [0.3, 0.4) is 0 Å². The lowest BCUT2D eigenvalue weighted by molar-refractivity contribution is 0.0385. The number of rotatable bonds is 6. The van der Waals surface area contributed by atoms with Crippen molar-refractivity contribution in [1.29, 1.82) is 0 Å². The lowest BCUT2D eigenvalue weighted by Gasteiger charge is -2.42. The van der Waals surface area contributed by atoms with E-state index < -0.39 is 5.82 Å².